The van der Waals surface area contributed by atoms with Crippen LogP contribution in [0.2, 0.25) is 0 Å². The minimum Gasteiger partial charge on any atom is -0.497 e. The number of rotatable bonds is 10. The molecule has 0 aromatic heterocycles. The molecule has 0 spiro atoms. The van der Waals surface area contributed by atoms with Crippen LogP contribution in [0.25, 0.3) is 0 Å². The molecule has 1 heterocycles. The van der Waals surface area contributed by atoms with Gasteiger partial charge in [0.25, 0.3) is 5.91 Å². The van der Waals surface area contributed by atoms with Gasteiger partial charge in [-0.3, -0.25) is 14.5 Å². The molecule has 1 saturated heterocycles. The molecule has 7 nitrogen and oxygen atoms in total. The van der Waals surface area contributed by atoms with Crippen molar-refractivity contribution in [3.8, 4) is 11.5 Å². The highest BCUT2D eigenvalue weighted by atomic mass is 16.5. The van der Waals surface area contributed by atoms with Crippen molar-refractivity contribution in [1.29, 1.82) is 0 Å². The number of hydrogen-bond acceptors (Lipinski definition) is 5. The quantitative estimate of drug-likeness (QED) is 0.572. The lowest BCUT2D eigenvalue weighted by Gasteiger charge is -2.34. The van der Waals surface area contributed by atoms with Gasteiger partial charge >= 0.3 is 0 Å². The molecule has 0 atom stereocenters. The van der Waals surface area contributed by atoms with E-state index in [-0.39, 0.29) is 18.4 Å². The van der Waals surface area contributed by atoms with Gasteiger partial charge in [-0.15, -0.1) is 0 Å². The lowest BCUT2D eigenvalue weighted by molar-refractivity contribution is -0.120. The third kappa shape index (κ3) is 6.73. The van der Waals surface area contributed by atoms with Gasteiger partial charge in [-0.2, -0.15) is 0 Å². The molecule has 3 rings (SSSR count). The fraction of sp³-hybridized carbons (Fsp3) is 0.481. The van der Waals surface area contributed by atoms with Crippen LogP contribution >= 0.6 is 0 Å². The van der Waals surface area contributed by atoms with Crippen molar-refractivity contribution in [3.63, 3.8) is 0 Å². The minimum absolute atomic E-state index is 0.0835. The maximum atomic E-state index is 13.5. The maximum Gasteiger partial charge on any atom is 0.258 e. The van der Waals surface area contributed by atoms with Crippen molar-refractivity contribution in [3.05, 3.63) is 54.1 Å². The number of hydrogen-bond donors (Lipinski definition) is 1. The second kappa shape index (κ2) is 12.4. The van der Waals surface area contributed by atoms with Crippen LogP contribution in [0, 0.1) is 5.92 Å². The molecule has 1 N–H and O–H groups in total. The van der Waals surface area contributed by atoms with Crippen molar-refractivity contribution >= 4 is 17.5 Å². The zero-order chi connectivity index (χ0) is 24.5. The van der Waals surface area contributed by atoms with E-state index in [9.17, 15) is 9.59 Å². The average molecular weight is 468 g/mol. The Morgan fingerprint density at radius 3 is 2.38 bits per heavy atom. The number of nitrogens with zero attached hydrogens (tertiary/aromatic N) is 2. The summed E-state index contributed by atoms with van der Waals surface area (Å²) < 4.78 is 11.0. The topological polar surface area (TPSA) is 71.1 Å². The number of likely N-dealkylation sites (tertiary alicyclic amines) is 1. The SMILES string of the molecule is CCOc1ccccc1N(CC(=O)NCC1CCN(C(C)C)CC1)C(=O)c1ccc(OC)cc1. The summed E-state index contributed by atoms with van der Waals surface area (Å²) >= 11 is 0. The van der Waals surface area contributed by atoms with E-state index in [2.05, 4.69) is 24.1 Å². The van der Waals surface area contributed by atoms with E-state index in [1.54, 1.807) is 37.4 Å². The van der Waals surface area contributed by atoms with E-state index in [1.165, 1.54) is 4.90 Å². The largest absolute Gasteiger partial charge is 0.497 e. The standard InChI is InChI=1S/C27H37N3O4/c1-5-34-25-9-7-6-8-24(25)30(27(32)22-10-12-23(33-4)13-11-22)19-26(31)28-18-21-14-16-29(17-15-21)20(2)3/h6-13,20-21H,5,14-19H2,1-4H3,(H,28,31). The minimum atomic E-state index is -0.268. The third-order valence-corrected chi connectivity index (χ3v) is 6.31. The predicted octanol–water partition coefficient (Wildman–Crippen LogP) is 3.98. The van der Waals surface area contributed by atoms with Gasteiger partial charge in [0, 0.05) is 18.2 Å². The van der Waals surface area contributed by atoms with Gasteiger partial charge in [-0.05, 0) is 89.0 Å². The molecule has 0 radical (unpaired) electrons. The smallest absolute Gasteiger partial charge is 0.258 e. The van der Waals surface area contributed by atoms with Crippen molar-refractivity contribution in [2.45, 2.75) is 39.7 Å². The van der Waals surface area contributed by atoms with Crippen molar-refractivity contribution in [2.75, 3.05) is 44.8 Å². The molecule has 0 aliphatic carbocycles. The first-order chi connectivity index (χ1) is 16.4. The van der Waals surface area contributed by atoms with Crippen LogP contribution in [0.3, 0.4) is 0 Å². The first-order valence-electron chi connectivity index (χ1n) is 12.1. The van der Waals surface area contributed by atoms with Gasteiger partial charge in [0.05, 0.1) is 19.4 Å². The number of ether oxygens (including phenoxy) is 2. The lowest BCUT2D eigenvalue weighted by atomic mass is 9.96. The summed E-state index contributed by atoms with van der Waals surface area (Å²) in [6.07, 6.45) is 2.14. The summed E-state index contributed by atoms with van der Waals surface area (Å²) in [6, 6.07) is 14.8. The number of para-hydroxylation sites is 2. The number of carbonyl (C=O) groups excluding carboxylic acids is 2. The highest BCUT2D eigenvalue weighted by molar-refractivity contribution is 6.09. The van der Waals surface area contributed by atoms with Crippen LogP contribution in [0.4, 0.5) is 5.69 Å². The number of methoxy groups -OCH3 is 1. The molecule has 0 saturated carbocycles. The third-order valence-electron chi connectivity index (χ3n) is 6.31. The summed E-state index contributed by atoms with van der Waals surface area (Å²) in [7, 11) is 1.58. The van der Waals surface area contributed by atoms with E-state index in [0.717, 1.165) is 25.9 Å². The number of nitrogens with one attached hydrogen (secondary N) is 1. The fourth-order valence-corrected chi connectivity index (χ4v) is 4.24. The first kappa shape index (κ1) is 25.6. The summed E-state index contributed by atoms with van der Waals surface area (Å²) in [5.41, 5.74) is 1.05. The Morgan fingerprint density at radius 1 is 1.09 bits per heavy atom. The van der Waals surface area contributed by atoms with E-state index < -0.39 is 0 Å². The van der Waals surface area contributed by atoms with E-state index >= 15 is 0 Å². The Hall–Kier alpha value is -3.06. The van der Waals surface area contributed by atoms with Gasteiger partial charge < -0.3 is 19.7 Å². The Kier molecular flexibility index (Phi) is 9.33. The van der Waals surface area contributed by atoms with Gasteiger partial charge in [-0.25, -0.2) is 0 Å². The van der Waals surface area contributed by atoms with Gasteiger partial charge in [0.2, 0.25) is 5.91 Å². The number of piperidine rings is 1. The van der Waals surface area contributed by atoms with Crippen LogP contribution in [0.5, 0.6) is 11.5 Å². The number of amides is 2. The first-order valence-corrected chi connectivity index (χ1v) is 12.1. The van der Waals surface area contributed by atoms with Crippen LogP contribution < -0.4 is 19.7 Å². The Labute approximate surface area is 203 Å². The van der Waals surface area contributed by atoms with E-state index in [0.29, 0.717) is 47.9 Å². The molecule has 2 amide bonds. The van der Waals surface area contributed by atoms with Gasteiger partial charge in [-0.1, -0.05) is 12.1 Å². The molecule has 2 aromatic rings. The molecule has 1 fully saturated rings. The molecule has 7 heteroatoms. The normalized spacial score (nSPS) is 14.6. The second-order valence-corrected chi connectivity index (χ2v) is 8.90. The van der Waals surface area contributed by atoms with Crippen LogP contribution in [-0.2, 0) is 4.79 Å². The molecule has 184 valence electrons. The molecule has 34 heavy (non-hydrogen) atoms. The van der Waals surface area contributed by atoms with Crippen LogP contribution in [-0.4, -0.2) is 62.7 Å². The molecule has 0 unspecified atom stereocenters. The predicted molar refractivity (Wildman–Crippen MR) is 135 cm³/mol. The number of carbonyl (C=O) groups is 2. The Morgan fingerprint density at radius 2 is 1.76 bits per heavy atom. The zero-order valence-electron chi connectivity index (χ0n) is 20.8. The monoisotopic (exact) mass is 467 g/mol. The Bertz CT molecular complexity index is 937. The molecular weight excluding hydrogens is 430 g/mol. The second-order valence-electron chi connectivity index (χ2n) is 8.90. The molecule has 2 aromatic carbocycles. The molecule has 0 bridgehead atoms. The highest BCUT2D eigenvalue weighted by Crippen LogP contribution is 2.29. The van der Waals surface area contributed by atoms with Crippen LogP contribution in [0.15, 0.2) is 48.5 Å². The van der Waals surface area contributed by atoms with Crippen molar-refractivity contribution < 1.29 is 19.1 Å². The summed E-state index contributed by atoms with van der Waals surface area (Å²) in [4.78, 5) is 30.4. The summed E-state index contributed by atoms with van der Waals surface area (Å²) in [6.45, 7) is 9.45. The summed E-state index contributed by atoms with van der Waals surface area (Å²) in [5.74, 6) is 1.25. The van der Waals surface area contributed by atoms with Crippen molar-refractivity contribution in [2.24, 2.45) is 5.92 Å². The average Bonchev–Trinajstić information content (AvgIpc) is 2.86. The van der Waals surface area contributed by atoms with E-state index in [1.807, 2.05) is 25.1 Å². The number of benzene rings is 2. The fourth-order valence-electron chi connectivity index (χ4n) is 4.24. The highest BCUT2D eigenvalue weighted by Gasteiger charge is 2.25. The lowest BCUT2D eigenvalue weighted by Crippen LogP contribution is -2.44. The molecule has 1 aliphatic rings. The zero-order valence-corrected chi connectivity index (χ0v) is 20.8. The van der Waals surface area contributed by atoms with E-state index in [4.69, 9.17) is 9.47 Å². The number of anilines is 1. The van der Waals surface area contributed by atoms with Crippen molar-refractivity contribution in [1.82, 2.24) is 10.2 Å². The maximum absolute atomic E-state index is 13.5. The molecule has 1 aliphatic heterocycles. The van der Waals surface area contributed by atoms with Gasteiger partial charge in [0.15, 0.2) is 0 Å². The van der Waals surface area contributed by atoms with Crippen LogP contribution in [0.1, 0.15) is 44.0 Å². The molecular formula is C27H37N3O4. The Balaban J connectivity index is 1.72. The van der Waals surface area contributed by atoms with Gasteiger partial charge in [0.1, 0.15) is 18.0 Å². The summed E-state index contributed by atoms with van der Waals surface area (Å²) in [5, 5.41) is 3.06.